The Balaban J connectivity index is 2.14. The van der Waals surface area contributed by atoms with Crippen LogP contribution in [0.3, 0.4) is 0 Å². The monoisotopic (exact) mass is 318 g/mol. The average molecular weight is 318 g/mol. The highest BCUT2D eigenvalue weighted by atomic mass is 16.6. The van der Waals surface area contributed by atoms with Crippen LogP contribution in [0, 0.1) is 6.92 Å². The van der Waals surface area contributed by atoms with Gasteiger partial charge in [0.15, 0.2) is 6.10 Å². The smallest absolute Gasteiger partial charge is 0.347 e. The zero-order valence-electron chi connectivity index (χ0n) is 13.7. The lowest BCUT2D eigenvalue weighted by Gasteiger charge is -2.17. The number of carbonyl (C=O) groups is 1. The summed E-state index contributed by atoms with van der Waals surface area (Å²) in [6.45, 7) is 5.93. The summed E-state index contributed by atoms with van der Waals surface area (Å²) < 4.78 is 15.9. The van der Waals surface area contributed by atoms with Gasteiger partial charge in [-0.05, 0) is 31.9 Å². The van der Waals surface area contributed by atoms with E-state index in [1.165, 1.54) is 0 Å². The van der Waals surface area contributed by atoms with Crippen LogP contribution in [0.25, 0.3) is 11.4 Å². The number of aryl methyl sites for hydroxylation is 1. The third-order valence-corrected chi connectivity index (χ3v) is 3.27. The number of rotatable bonds is 8. The van der Waals surface area contributed by atoms with Crippen molar-refractivity contribution in [2.75, 3.05) is 6.61 Å². The number of benzene rings is 1. The van der Waals surface area contributed by atoms with Crippen molar-refractivity contribution in [2.24, 2.45) is 0 Å². The van der Waals surface area contributed by atoms with Crippen molar-refractivity contribution in [1.82, 2.24) is 10.1 Å². The van der Waals surface area contributed by atoms with Gasteiger partial charge >= 0.3 is 5.97 Å². The van der Waals surface area contributed by atoms with Crippen molar-refractivity contribution >= 4 is 5.97 Å². The zero-order chi connectivity index (χ0) is 16.7. The fourth-order valence-corrected chi connectivity index (χ4v) is 2.14. The molecule has 1 aromatic heterocycles. The van der Waals surface area contributed by atoms with Crippen molar-refractivity contribution in [1.29, 1.82) is 0 Å². The van der Waals surface area contributed by atoms with E-state index in [1.807, 2.05) is 12.1 Å². The molecule has 1 atom stereocenters. The molecule has 1 unspecified atom stereocenters. The number of carbonyl (C=O) groups excluding carboxylic acids is 1. The average Bonchev–Trinajstić information content (AvgIpc) is 2.98. The molecule has 1 aromatic carbocycles. The highest BCUT2D eigenvalue weighted by Crippen LogP contribution is 2.23. The van der Waals surface area contributed by atoms with Crippen LogP contribution in [0.15, 0.2) is 28.8 Å². The molecule has 0 amide bonds. The fourth-order valence-electron chi connectivity index (χ4n) is 2.14. The molecule has 124 valence electrons. The van der Waals surface area contributed by atoms with Crippen LogP contribution in [0.5, 0.6) is 5.75 Å². The van der Waals surface area contributed by atoms with Gasteiger partial charge in [0.1, 0.15) is 5.75 Å². The van der Waals surface area contributed by atoms with Crippen LogP contribution in [-0.2, 0) is 9.53 Å². The summed E-state index contributed by atoms with van der Waals surface area (Å²) in [5.41, 5.74) is 0.775. The summed E-state index contributed by atoms with van der Waals surface area (Å²) in [7, 11) is 0. The second kappa shape index (κ2) is 8.31. The van der Waals surface area contributed by atoms with E-state index in [0.717, 1.165) is 18.4 Å². The van der Waals surface area contributed by atoms with Crippen molar-refractivity contribution < 1.29 is 18.8 Å². The van der Waals surface area contributed by atoms with Crippen molar-refractivity contribution in [3.8, 4) is 17.1 Å². The molecule has 0 aliphatic rings. The summed E-state index contributed by atoms with van der Waals surface area (Å²) >= 11 is 0. The van der Waals surface area contributed by atoms with Crippen molar-refractivity contribution in [3.05, 3.63) is 30.2 Å². The molecule has 0 saturated heterocycles. The maximum absolute atomic E-state index is 12.0. The molecular weight excluding hydrogens is 296 g/mol. The van der Waals surface area contributed by atoms with Crippen LogP contribution >= 0.6 is 0 Å². The summed E-state index contributed by atoms with van der Waals surface area (Å²) in [6, 6.07) is 7.29. The largest absolute Gasteiger partial charge is 0.479 e. The van der Waals surface area contributed by atoms with E-state index >= 15 is 0 Å². The van der Waals surface area contributed by atoms with E-state index in [1.54, 1.807) is 26.0 Å². The lowest BCUT2D eigenvalue weighted by atomic mass is 10.1. The summed E-state index contributed by atoms with van der Waals surface area (Å²) in [6.07, 6.45) is 1.91. The van der Waals surface area contributed by atoms with E-state index in [4.69, 9.17) is 14.0 Å². The molecular formula is C17H22N2O4. The van der Waals surface area contributed by atoms with Gasteiger partial charge < -0.3 is 14.0 Å². The number of ether oxygens (including phenoxy) is 2. The standard InChI is InChI=1S/C17H22N2O4/c1-4-6-10-15(17(20)21-5-2)22-14-9-7-8-13(11-14)16-18-12(3)23-19-16/h7-9,11,15H,4-6,10H2,1-3H3. The Kier molecular flexibility index (Phi) is 6.14. The number of esters is 1. The Morgan fingerprint density at radius 1 is 1.35 bits per heavy atom. The number of nitrogens with zero attached hydrogens (tertiary/aromatic N) is 2. The summed E-state index contributed by atoms with van der Waals surface area (Å²) in [5.74, 6) is 1.24. The first kappa shape index (κ1) is 17.0. The molecule has 0 fully saturated rings. The molecule has 0 N–H and O–H groups in total. The molecule has 0 saturated carbocycles. The maximum Gasteiger partial charge on any atom is 0.347 e. The van der Waals surface area contributed by atoms with Gasteiger partial charge in [-0.1, -0.05) is 30.6 Å². The summed E-state index contributed by atoms with van der Waals surface area (Å²) in [5, 5.41) is 3.89. The molecule has 0 spiro atoms. The minimum atomic E-state index is -0.600. The number of aromatic nitrogens is 2. The molecule has 0 bridgehead atoms. The second-order valence-corrected chi connectivity index (χ2v) is 5.17. The lowest BCUT2D eigenvalue weighted by molar-refractivity contribution is -0.151. The number of hydrogen-bond donors (Lipinski definition) is 0. The van der Waals surface area contributed by atoms with Crippen molar-refractivity contribution in [2.45, 2.75) is 46.1 Å². The highest BCUT2D eigenvalue weighted by Gasteiger charge is 2.21. The predicted octanol–water partition coefficient (Wildman–Crippen LogP) is 3.55. The quantitative estimate of drug-likeness (QED) is 0.693. The van der Waals surface area contributed by atoms with Crippen LogP contribution in [0.4, 0.5) is 0 Å². The van der Waals surface area contributed by atoms with E-state index in [2.05, 4.69) is 17.1 Å². The molecule has 2 rings (SSSR count). The molecule has 1 heterocycles. The third kappa shape index (κ3) is 4.81. The highest BCUT2D eigenvalue weighted by molar-refractivity contribution is 5.75. The normalized spacial score (nSPS) is 12.0. The van der Waals surface area contributed by atoms with Gasteiger partial charge in [0.25, 0.3) is 0 Å². The SMILES string of the molecule is CCCCC(Oc1cccc(-c2noc(C)n2)c1)C(=O)OCC. The Hall–Kier alpha value is -2.37. The lowest BCUT2D eigenvalue weighted by Crippen LogP contribution is -2.29. The Labute approximate surface area is 135 Å². The first-order valence-electron chi connectivity index (χ1n) is 7.88. The first-order valence-corrected chi connectivity index (χ1v) is 7.88. The Morgan fingerprint density at radius 2 is 2.17 bits per heavy atom. The van der Waals surface area contributed by atoms with Crippen LogP contribution in [0.2, 0.25) is 0 Å². The minimum absolute atomic E-state index is 0.332. The van der Waals surface area contributed by atoms with Gasteiger partial charge in [0.05, 0.1) is 6.61 Å². The van der Waals surface area contributed by atoms with Gasteiger partial charge in [-0.2, -0.15) is 4.98 Å². The molecule has 6 nitrogen and oxygen atoms in total. The molecule has 0 aliphatic carbocycles. The minimum Gasteiger partial charge on any atom is -0.479 e. The van der Waals surface area contributed by atoms with Crippen LogP contribution < -0.4 is 4.74 Å². The van der Waals surface area contributed by atoms with Crippen LogP contribution in [0.1, 0.15) is 39.0 Å². The fraction of sp³-hybridized carbons (Fsp3) is 0.471. The van der Waals surface area contributed by atoms with Gasteiger partial charge in [-0.3, -0.25) is 0 Å². The predicted molar refractivity (Wildman–Crippen MR) is 85.0 cm³/mol. The van der Waals surface area contributed by atoms with E-state index in [9.17, 15) is 4.79 Å². The van der Waals surface area contributed by atoms with E-state index in [-0.39, 0.29) is 5.97 Å². The first-order chi connectivity index (χ1) is 11.1. The topological polar surface area (TPSA) is 74.5 Å². The molecule has 23 heavy (non-hydrogen) atoms. The van der Waals surface area contributed by atoms with E-state index < -0.39 is 6.10 Å². The van der Waals surface area contributed by atoms with Gasteiger partial charge in [0.2, 0.25) is 11.7 Å². The Bertz CT molecular complexity index is 639. The third-order valence-electron chi connectivity index (χ3n) is 3.27. The van der Waals surface area contributed by atoms with Crippen LogP contribution in [-0.4, -0.2) is 28.8 Å². The van der Waals surface area contributed by atoms with Gasteiger partial charge in [-0.25, -0.2) is 4.79 Å². The zero-order valence-corrected chi connectivity index (χ0v) is 13.7. The molecule has 2 aromatic rings. The molecule has 0 radical (unpaired) electrons. The van der Waals surface area contributed by atoms with Crippen molar-refractivity contribution in [3.63, 3.8) is 0 Å². The van der Waals surface area contributed by atoms with E-state index in [0.29, 0.717) is 30.5 Å². The summed E-state index contributed by atoms with van der Waals surface area (Å²) in [4.78, 5) is 16.2. The number of hydrogen-bond acceptors (Lipinski definition) is 6. The molecule has 0 aliphatic heterocycles. The number of unbranched alkanes of at least 4 members (excludes halogenated alkanes) is 1. The Morgan fingerprint density at radius 3 is 2.83 bits per heavy atom. The molecule has 6 heteroatoms. The maximum atomic E-state index is 12.0. The van der Waals surface area contributed by atoms with Gasteiger partial charge in [-0.15, -0.1) is 0 Å². The van der Waals surface area contributed by atoms with Gasteiger partial charge in [0, 0.05) is 12.5 Å². The second-order valence-electron chi connectivity index (χ2n) is 5.17.